The molecule has 2 atom stereocenters. The van der Waals surface area contributed by atoms with Gasteiger partial charge in [0.1, 0.15) is 11.8 Å². The normalized spacial score (nSPS) is 13.5. The average molecular weight is 425 g/mol. The number of carbonyl (C=O) groups excluding carboxylic acids is 1. The summed E-state index contributed by atoms with van der Waals surface area (Å²) in [4.78, 5) is 12.8. The SMILES string of the molecule is COc1ccc([C@@H](C)NC(=O)[C@H](C)N(c2cc(Cl)ccc2C)S(C)(=O)=O)cc1. The molecule has 0 aliphatic carbocycles. The molecule has 2 aromatic carbocycles. The molecule has 0 saturated carbocycles. The van der Waals surface area contributed by atoms with Crippen LogP contribution in [0.15, 0.2) is 42.5 Å². The van der Waals surface area contributed by atoms with Crippen molar-refractivity contribution in [2.75, 3.05) is 17.7 Å². The van der Waals surface area contributed by atoms with Gasteiger partial charge in [0.2, 0.25) is 15.9 Å². The fourth-order valence-electron chi connectivity index (χ4n) is 2.91. The molecule has 0 radical (unpaired) electrons. The monoisotopic (exact) mass is 424 g/mol. The molecule has 0 fully saturated rings. The van der Waals surface area contributed by atoms with Crippen LogP contribution in [0, 0.1) is 6.92 Å². The molecule has 0 aromatic heterocycles. The summed E-state index contributed by atoms with van der Waals surface area (Å²) in [5, 5.41) is 3.27. The number of amides is 1. The third kappa shape index (κ3) is 5.17. The van der Waals surface area contributed by atoms with Crippen molar-refractivity contribution in [1.29, 1.82) is 0 Å². The molecular formula is C20H25ClN2O4S. The predicted molar refractivity (Wildman–Crippen MR) is 113 cm³/mol. The molecule has 1 amide bonds. The molecule has 0 aliphatic heterocycles. The lowest BCUT2D eigenvalue weighted by Gasteiger charge is -2.30. The number of methoxy groups -OCH3 is 1. The number of ether oxygens (including phenoxy) is 1. The standard InChI is InChI=1S/C20H25ClN2O4S/c1-13-6-9-17(21)12-19(13)23(28(5,25)26)15(3)20(24)22-14(2)16-7-10-18(27-4)11-8-16/h6-12,14-15H,1-5H3,(H,22,24)/t14-,15+/m1/s1. The van der Waals surface area contributed by atoms with Crippen molar-refractivity contribution >= 4 is 33.2 Å². The summed E-state index contributed by atoms with van der Waals surface area (Å²) in [7, 11) is -2.13. The number of hydrogen-bond donors (Lipinski definition) is 1. The van der Waals surface area contributed by atoms with Crippen molar-refractivity contribution in [2.24, 2.45) is 0 Å². The minimum absolute atomic E-state index is 0.303. The molecule has 6 nitrogen and oxygen atoms in total. The molecule has 0 unspecified atom stereocenters. The van der Waals surface area contributed by atoms with Crippen molar-refractivity contribution in [3.63, 3.8) is 0 Å². The number of anilines is 1. The Balaban J connectivity index is 2.27. The van der Waals surface area contributed by atoms with Crippen molar-refractivity contribution in [3.05, 3.63) is 58.6 Å². The highest BCUT2D eigenvalue weighted by atomic mass is 35.5. The number of sulfonamides is 1. The molecule has 0 bridgehead atoms. The molecule has 0 spiro atoms. The number of aryl methyl sites for hydroxylation is 1. The summed E-state index contributed by atoms with van der Waals surface area (Å²) in [5.74, 6) is 0.309. The molecule has 152 valence electrons. The van der Waals surface area contributed by atoms with Gasteiger partial charge in [-0.3, -0.25) is 9.10 Å². The van der Waals surface area contributed by atoms with E-state index in [0.29, 0.717) is 16.3 Å². The molecule has 2 rings (SSSR count). The van der Waals surface area contributed by atoms with Crippen LogP contribution in [0.1, 0.15) is 31.0 Å². The van der Waals surface area contributed by atoms with Crippen LogP contribution in [-0.4, -0.2) is 33.7 Å². The summed E-state index contributed by atoms with van der Waals surface area (Å²) in [6.45, 7) is 5.16. The Morgan fingerprint density at radius 2 is 1.75 bits per heavy atom. The maximum Gasteiger partial charge on any atom is 0.244 e. The smallest absolute Gasteiger partial charge is 0.244 e. The van der Waals surface area contributed by atoms with Crippen molar-refractivity contribution in [1.82, 2.24) is 5.32 Å². The van der Waals surface area contributed by atoms with E-state index < -0.39 is 22.0 Å². The third-order valence-electron chi connectivity index (χ3n) is 4.47. The second-order valence-electron chi connectivity index (χ2n) is 6.67. The quantitative estimate of drug-likeness (QED) is 0.735. The lowest BCUT2D eigenvalue weighted by molar-refractivity contribution is -0.122. The number of halogens is 1. The minimum Gasteiger partial charge on any atom is -0.497 e. The van der Waals surface area contributed by atoms with Gasteiger partial charge in [-0.05, 0) is 56.2 Å². The van der Waals surface area contributed by atoms with Crippen LogP contribution >= 0.6 is 11.6 Å². The van der Waals surface area contributed by atoms with Gasteiger partial charge in [0, 0.05) is 5.02 Å². The molecule has 0 aliphatic rings. The van der Waals surface area contributed by atoms with E-state index in [2.05, 4.69) is 5.32 Å². The number of nitrogens with one attached hydrogen (secondary N) is 1. The van der Waals surface area contributed by atoms with Gasteiger partial charge in [-0.15, -0.1) is 0 Å². The predicted octanol–water partition coefficient (Wildman–Crippen LogP) is 3.69. The van der Waals surface area contributed by atoms with Crippen LogP contribution in [0.3, 0.4) is 0 Å². The summed E-state index contributed by atoms with van der Waals surface area (Å²) in [6, 6.07) is 11.0. The van der Waals surface area contributed by atoms with Gasteiger partial charge in [-0.1, -0.05) is 29.8 Å². The van der Waals surface area contributed by atoms with Crippen LogP contribution < -0.4 is 14.4 Å². The highest BCUT2D eigenvalue weighted by molar-refractivity contribution is 7.92. The van der Waals surface area contributed by atoms with Gasteiger partial charge < -0.3 is 10.1 Å². The van der Waals surface area contributed by atoms with Gasteiger partial charge in [0.25, 0.3) is 0 Å². The van der Waals surface area contributed by atoms with Crippen LogP contribution in [0.5, 0.6) is 5.75 Å². The fourth-order valence-corrected chi connectivity index (χ4v) is 4.30. The zero-order chi connectivity index (χ0) is 21.1. The van der Waals surface area contributed by atoms with Gasteiger partial charge in [-0.25, -0.2) is 8.42 Å². The third-order valence-corrected chi connectivity index (χ3v) is 5.93. The fraction of sp³-hybridized carbons (Fsp3) is 0.350. The van der Waals surface area contributed by atoms with Crippen molar-refractivity contribution in [2.45, 2.75) is 32.9 Å². The van der Waals surface area contributed by atoms with E-state index >= 15 is 0 Å². The summed E-state index contributed by atoms with van der Waals surface area (Å²) in [5.41, 5.74) is 1.97. The summed E-state index contributed by atoms with van der Waals surface area (Å²) >= 11 is 6.05. The Hall–Kier alpha value is -2.25. The largest absolute Gasteiger partial charge is 0.497 e. The van der Waals surface area contributed by atoms with E-state index in [1.807, 2.05) is 19.1 Å². The Morgan fingerprint density at radius 1 is 1.14 bits per heavy atom. The summed E-state index contributed by atoms with van der Waals surface area (Å²) < 4.78 is 31.2. The second-order valence-corrected chi connectivity index (χ2v) is 8.96. The van der Waals surface area contributed by atoms with Gasteiger partial charge >= 0.3 is 0 Å². The lowest BCUT2D eigenvalue weighted by atomic mass is 10.1. The first kappa shape index (κ1) is 22.0. The second kappa shape index (κ2) is 8.84. The van der Waals surface area contributed by atoms with Crippen LogP contribution in [0.4, 0.5) is 5.69 Å². The Labute approximate surface area is 171 Å². The molecule has 28 heavy (non-hydrogen) atoms. The number of nitrogens with zero attached hydrogens (tertiary/aromatic N) is 1. The number of carbonyl (C=O) groups is 1. The Kier molecular flexibility index (Phi) is 6.96. The maximum absolute atomic E-state index is 12.8. The summed E-state index contributed by atoms with van der Waals surface area (Å²) in [6.07, 6.45) is 1.07. The highest BCUT2D eigenvalue weighted by Crippen LogP contribution is 2.28. The van der Waals surface area contributed by atoms with E-state index in [4.69, 9.17) is 16.3 Å². The van der Waals surface area contributed by atoms with Crippen LogP contribution in [0.2, 0.25) is 5.02 Å². The van der Waals surface area contributed by atoms with E-state index in [1.165, 1.54) is 0 Å². The molecule has 1 N–H and O–H groups in total. The van der Waals surface area contributed by atoms with Crippen LogP contribution in [0.25, 0.3) is 0 Å². The minimum atomic E-state index is -3.71. The first-order valence-corrected chi connectivity index (χ1v) is 11.0. The van der Waals surface area contributed by atoms with E-state index in [1.54, 1.807) is 51.3 Å². The molecule has 8 heteroatoms. The highest BCUT2D eigenvalue weighted by Gasteiger charge is 2.31. The Morgan fingerprint density at radius 3 is 2.29 bits per heavy atom. The molecular weight excluding hydrogens is 400 g/mol. The lowest BCUT2D eigenvalue weighted by Crippen LogP contribution is -2.48. The first-order chi connectivity index (χ1) is 13.0. The van der Waals surface area contributed by atoms with Gasteiger partial charge in [-0.2, -0.15) is 0 Å². The van der Waals surface area contributed by atoms with E-state index in [0.717, 1.165) is 21.9 Å². The zero-order valence-corrected chi connectivity index (χ0v) is 18.1. The number of benzene rings is 2. The Bertz CT molecular complexity index is 945. The van der Waals surface area contributed by atoms with Crippen LogP contribution in [-0.2, 0) is 14.8 Å². The van der Waals surface area contributed by atoms with Gasteiger partial charge in [0.15, 0.2) is 0 Å². The van der Waals surface area contributed by atoms with E-state index in [-0.39, 0.29) is 6.04 Å². The van der Waals surface area contributed by atoms with Crippen molar-refractivity contribution < 1.29 is 17.9 Å². The first-order valence-electron chi connectivity index (χ1n) is 8.74. The average Bonchev–Trinajstić information content (AvgIpc) is 2.63. The topological polar surface area (TPSA) is 75.7 Å². The van der Waals surface area contributed by atoms with Crippen molar-refractivity contribution in [3.8, 4) is 5.75 Å². The van der Waals surface area contributed by atoms with Gasteiger partial charge in [0.05, 0.1) is 25.1 Å². The molecule has 2 aromatic rings. The number of rotatable bonds is 7. The molecule has 0 saturated heterocycles. The number of hydrogen-bond acceptors (Lipinski definition) is 4. The molecule has 0 heterocycles. The maximum atomic E-state index is 12.8. The zero-order valence-electron chi connectivity index (χ0n) is 16.6. The van der Waals surface area contributed by atoms with E-state index in [9.17, 15) is 13.2 Å².